The molecule has 0 amide bonds. The lowest BCUT2D eigenvalue weighted by Gasteiger charge is -2.11. The number of phenolic OH excluding ortho intramolecular Hbond substituents is 1. The second-order valence-corrected chi connectivity index (χ2v) is 3.50. The van der Waals surface area contributed by atoms with Crippen LogP contribution >= 0.6 is 0 Å². The van der Waals surface area contributed by atoms with Crippen LogP contribution in [0.25, 0.3) is 11.1 Å². The molecular weight excluding hydrogens is 210 g/mol. The number of phenols is 1. The highest BCUT2D eigenvalue weighted by Crippen LogP contribution is 2.34. The van der Waals surface area contributed by atoms with Gasteiger partial charge in [-0.15, -0.1) is 0 Å². The van der Waals surface area contributed by atoms with Crippen LogP contribution in [0.5, 0.6) is 5.75 Å². The smallest absolute Gasteiger partial charge is 0.311 e. The first-order valence-electron chi connectivity index (χ1n) is 4.93. The first-order chi connectivity index (χ1) is 7.65. The zero-order valence-electron chi connectivity index (χ0n) is 8.67. The largest absolute Gasteiger partial charge is 0.505 e. The molecule has 2 N–H and O–H groups in total. The Labute approximate surface area is 91.3 Å². The van der Waals surface area contributed by atoms with Crippen LogP contribution < -0.4 is 0 Å². The molecule has 1 aromatic heterocycles. The van der Waals surface area contributed by atoms with Gasteiger partial charge in [0.05, 0.1) is 5.92 Å². The van der Waals surface area contributed by atoms with Crippen LogP contribution in [0.1, 0.15) is 24.8 Å². The Morgan fingerprint density at radius 1 is 1.56 bits per heavy atom. The molecule has 0 radical (unpaired) electrons. The third-order valence-corrected chi connectivity index (χ3v) is 2.59. The molecule has 1 aromatic carbocycles. The Hall–Kier alpha value is -2.04. The second-order valence-electron chi connectivity index (χ2n) is 3.50. The number of hydrogen-bond acceptors (Lipinski definition) is 4. The van der Waals surface area contributed by atoms with Gasteiger partial charge in [0.2, 0.25) is 0 Å². The monoisotopic (exact) mass is 221 g/mol. The average Bonchev–Trinajstić information content (AvgIpc) is 2.70. The molecule has 1 unspecified atom stereocenters. The quantitative estimate of drug-likeness (QED) is 0.829. The fourth-order valence-corrected chi connectivity index (χ4v) is 1.74. The fourth-order valence-electron chi connectivity index (χ4n) is 1.74. The molecule has 2 aromatic rings. The van der Waals surface area contributed by atoms with Gasteiger partial charge in [-0.3, -0.25) is 4.79 Å². The second kappa shape index (κ2) is 3.84. The van der Waals surface area contributed by atoms with Crippen molar-refractivity contribution in [2.45, 2.75) is 19.3 Å². The number of hydrogen-bond donors (Lipinski definition) is 2. The number of benzene rings is 1. The molecule has 0 saturated carbocycles. The lowest BCUT2D eigenvalue weighted by molar-refractivity contribution is -0.138. The molecule has 1 atom stereocenters. The van der Waals surface area contributed by atoms with Crippen LogP contribution in [-0.2, 0) is 4.79 Å². The zero-order chi connectivity index (χ0) is 11.7. The Balaban J connectivity index is 2.59. The molecule has 0 aliphatic rings. The minimum absolute atomic E-state index is 0.111. The molecule has 1 heterocycles. The Morgan fingerprint density at radius 3 is 2.94 bits per heavy atom. The number of nitrogens with zero attached hydrogens (tertiary/aromatic N) is 1. The number of carboxylic acids is 1. The molecule has 84 valence electrons. The predicted molar refractivity (Wildman–Crippen MR) is 56.3 cm³/mol. The first kappa shape index (κ1) is 10.5. The minimum atomic E-state index is -0.958. The molecule has 5 nitrogen and oxygen atoms in total. The standard InChI is InChI=1S/C11H11NO4/c1-2-6(11(14)15)7-3-4-8-9(10(7)13)12-5-16-8/h3-6,13H,2H2,1H3,(H,14,15). The maximum atomic E-state index is 11.0. The van der Waals surface area contributed by atoms with Crippen molar-refractivity contribution < 1.29 is 19.4 Å². The number of rotatable bonds is 3. The van der Waals surface area contributed by atoms with E-state index >= 15 is 0 Å². The van der Waals surface area contributed by atoms with Gasteiger partial charge in [-0.1, -0.05) is 13.0 Å². The van der Waals surface area contributed by atoms with Crippen molar-refractivity contribution in [1.29, 1.82) is 0 Å². The molecule has 0 aliphatic carbocycles. The third-order valence-electron chi connectivity index (χ3n) is 2.59. The molecule has 2 rings (SSSR count). The van der Waals surface area contributed by atoms with Gasteiger partial charge in [-0.05, 0) is 12.5 Å². The van der Waals surface area contributed by atoms with E-state index in [4.69, 9.17) is 9.52 Å². The number of aromatic hydroxyl groups is 1. The molecule has 0 saturated heterocycles. The number of fused-ring (bicyclic) bond motifs is 1. The Morgan fingerprint density at radius 2 is 2.31 bits per heavy atom. The lowest BCUT2D eigenvalue weighted by Crippen LogP contribution is -2.10. The summed E-state index contributed by atoms with van der Waals surface area (Å²) in [6.07, 6.45) is 1.63. The summed E-state index contributed by atoms with van der Waals surface area (Å²) in [5, 5.41) is 18.9. The van der Waals surface area contributed by atoms with E-state index in [0.29, 0.717) is 23.1 Å². The summed E-state index contributed by atoms with van der Waals surface area (Å²) in [7, 11) is 0. The van der Waals surface area contributed by atoms with Crippen LogP contribution in [0.4, 0.5) is 0 Å². The van der Waals surface area contributed by atoms with E-state index in [1.165, 1.54) is 6.39 Å². The summed E-state index contributed by atoms with van der Waals surface area (Å²) < 4.78 is 5.01. The van der Waals surface area contributed by atoms with Gasteiger partial charge in [0.15, 0.2) is 17.5 Å². The first-order valence-corrected chi connectivity index (χ1v) is 4.93. The predicted octanol–water partition coefficient (Wildman–Crippen LogP) is 2.11. The van der Waals surface area contributed by atoms with Crippen molar-refractivity contribution in [3.8, 4) is 5.75 Å². The minimum Gasteiger partial charge on any atom is -0.505 e. The summed E-state index contributed by atoms with van der Waals surface area (Å²) in [6, 6.07) is 3.17. The molecule has 0 spiro atoms. The fraction of sp³-hybridized carbons (Fsp3) is 0.273. The van der Waals surface area contributed by atoms with Crippen LogP contribution in [0.2, 0.25) is 0 Å². The molecule has 0 aliphatic heterocycles. The van der Waals surface area contributed by atoms with E-state index in [1.807, 2.05) is 0 Å². The molecule has 16 heavy (non-hydrogen) atoms. The van der Waals surface area contributed by atoms with E-state index in [-0.39, 0.29) is 5.75 Å². The number of aromatic nitrogens is 1. The SMILES string of the molecule is CCC(C(=O)O)c1ccc2ocnc2c1O. The highest BCUT2D eigenvalue weighted by Gasteiger charge is 2.23. The van der Waals surface area contributed by atoms with Gasteiger partial charge in [0.25, 0.3) is 0 Å². The van der Waals surface area contributed by atoms with Crippen molar-refractivity contribution >= 4 is 17.1 Å². The van der Waals surface area contributed by atoms with Gasteiger partial charge in [0.1, 0.15) is 5.75 Å². The maximum Gasteiger partial charge on any atom is 0.311 e. The van der Waals surface area contributed by atoms with Gasteiger partial charge in [-0.25, -0.2) is 4.98 Å². The summed E-state index contributed by atoms with van der Waals surface area (Å²) in [5.41, 5.74) is 1.12. The summed E-state index contributed by atoms with van der Waals surface area (Å²) >= 11 is 0. The van der Waals surface area contributed by atoms with Gasteiger partial charge >= 0.3 is 5.97 Å². The van der Waals surface area contributed by atoms with Crippen molar-refractivity contribution in [3.63, 3.8) is 0 Å². The number of carbonyl (C=O) groups is 1. The van der Waals surface area contributed by atoms with Crippen LogP contribution in [0, 0.1) is 0 Å². The summed E-state index contributed by atoms with van der Waals surface area (Å²) in [6.45, 7) is 1.76. The van der Waals surface area contributed by atoms with Crippen molar-refractivity contribution in [2.24, 2.45) is 0 Å². The van der Waals surface area contributed by atoms with Crippen molar-refractivity contribution in [1.82, 2.24) is 4.98 Å². The highest BCUT2D eigenvalue weighted by atomic mass is 16.4. The number of aliphatic carboxylic acids is 1. The van der Waals surface area contributed by atoms with Crippen LogP contribution in [0.3, 0.4) is 0 Å². The van der Waals surface area contributed by atoms with E-state index in [9.17, 15) is 9.90 Å². The molecular formula is C11H11NO4. The maximum absolute atomic E-state index is 11.0. The highest BCUT2D eigenvalue weighted by molar-refractivity contribution is 5.85. The average molecular weight is 221 g/mol. The van der Waals surface area contributed by atoms with E-state index in [2.05, 4.69) is 4.98 Å². The zero-order valence-corrected chi connectivity index (χ0v) is 8.67. The molecule has 0 fully saturated rings. The number of carboxylic acid groups (broad SMARTS) is 1. The third kappa shape index (κ3) is 1.50. The van der Waals surface area contributed by atoms with Crippen molar-refractivity contribution in [3.05, 3.63) is 24.1 Å². The van der Waals surface area contributed by atoms with Crippen LogP contribution in [0.15, 0.2) is 22.9 Å². The van der Waals surface area contributed by atoms with E-state index in [0.717, 1.165) is 0 Å². The van der Waals surface area contributed by atoms with Crippen molar-refractivity contribution in [2.75, 3.05) is 0 Å². The number of oxazole rings is 1. The normalized spacial score (nSPS) is 12.8. The molecule has 0 bridgehead atoms. The van der Waals surface area contributed by atoms with E-state index < -0.39 is 11.9 Å². The molecule has 5 heteroatoms. The van der Waals surface area contributed by atoms with Gasteiger partial charge in [-0.2, -0.15) is 0 Å². The topological polar surface area (TPSA) is 83.6 Å². The lowest BCUT2D eigenvalue weighted by atomic mass is 9.95. The van der Waals surface area contributed by atoms with Gasteiger partial charge < -0.3 is 14.6 Å². The van der Waals surface area contributed by atoms with E-state index in [1.54, 1.807) is 19.1 Å². The Kier molecular flexibility index (Phi) is 2.52. The summed E-state index contributed by atoms with van der Waals surface area (Å²) in [5.74, 6) is -1.79. The van der Waals surface area contributed by atoms with Crippen LogP contribution in [-0.4, -0.2) is 21.2 Å². The summed E-state index contributed by atoms with van der Waals surface area (Å²) in [4.78, 5) is 14.8. The van der Waals surface area contributed by atoms with Gasteiger partial charge in [0, 0.05) is 5.56 Å². The Bertz CT molecular complexity index is 532.